The number of methoxy groups -OCH3 is 1. The summed E-state index contributed by atoms with van der Waals surface area (Å²) in [6, 6.07) is 4.24. The van der Waals surface area contributed by atoms with Crippen LogP contribution < -0.4 is 10.1 Å². The molecule has 0 atom stereocenters. The molecule has 0 amide bonds. The van der Waals surface area contributed by atoms with E-state index in [4.69, 9.17) is 4.74 Å². The molecule has 2 aromatic rings. The molecule has 3 heteroatoms. The third-order valence-electron chi connectivity index (χ3n) is 4.45. The normalized spacial score (nSPS) is 16.8. The van der Waals surface area contributed by atoms with Crippen LogP contribution in [0.2, 0.25) is 0 Å². The molecule has 0 saturated heterocycles. The summed E-state index contributed by atoms with van der Waals surface area (Å²) in [5, 5.41) is 4.73. The maximum atomic E-state index is 5.53. The average Bonchev–Trinajstić information content (AvgIpc) is 3.09. The summed E-state index contributed by atoms with van der Waals surface area (Å²) in [4.78, 5) is 0. The van der Waals surface area contributed by atoms with E-state index in [9.17, 15) is 0 Å². The Morgan fingerprint density at radius 1 is 1.37 bits per heavy atom. The zero-order chi connectivity index (χ0) is 13.6. The van der Waals surface area contributed by atoms with E-state index in [2.05, 4.69) is 42.2 Å². The quantitative estimate of drug-likeness (QED) is 0.912. The molecule has 0 spiro atoms. The van der Waals surface area contributed by atoms with Crippen molar-refractivity contribution in [2.75, 3.05) is 20.7 Å². The average molecular weight is 258 g/mol. The molecule has 0 radical (unpaired) electrons. The Morgan fingerprint density at radius 3 is 2.68 bits per heavy atom. The predicted molar refractivity (Wildman–Crippen MR) is 79.0 cm³/mol. The summed E-state index contributed by atoms with van der Waals surface area (Å²) < 4.78 is 7.75. The van der Waals surface area contributed by atoms with E-state index in [0.29, 0.717) is 5.41 Å². The van der Waals surface area contributed by atoms with Gasteiger partial charge in [0.2, 0.25) is 0 Å². The first kappa shape index (κ1) is 12.5. The Morgan fingerprint density at radius 2 is 2.11 bits per heavy atom. The van der Waals surface area contributed by atoms with Crippen LogP contribution in [0.3, 0.4) is 0 Å². The highest BCUT2D eigenvalue weighted by molar-refractivity contribution is 5.93. The van der Waals surface area contributed by atoms with Gasteiger partial charge >= 0.3 is 0 Å². The molecule has 1 saturated carbocycles. The second-order valence-electron chi connectivity index (χ2n) is 5.77. The van der Waals surface area contributed by atoms with Gasteiger partial charge in [0.25, 0.3) is 0 Å². The largest absolute Gasteiger partial charge is 0.495 e. The molecule has 3 nitrogen and oxygen atoms in total. The Bertz CT molecular complexity index is 623. The molecule has 0 unspecified atom stereocenters. The number of aryl methyl sites for hydroxylation is 2. The van der Waals surface area contributed by atoms with Gasteiger partial charge in [0.1, 0.15) is 5.75 Å². The third-order valence-corrected chi connectivity index (χ3v) is 4.45. The number of ether oxygens (including phenoxy) is 1. The molecule has 1 aliphatic carbocycles. The summed E-state index contributed by atoms with van der Waals surface area (Å²) in [5.74, 6) is 0.967. The predicted octanol–water partition coefficient (Wildman–Crippen LogP) is 2.75. The van der Waals surface area contributed by atoms with Crippen molar-refractivity contribution < 1.29 is 4.74 Å². The van der Waals surface area contributed by atoms with Gasteiger partial charge in [-0.25, -0.2) is 0 Å². The number of fused-ring (bicyclic) bond motifs is 1. The van der Waals surface area contributed by atoms with E-state index in [1.807, 2.05) is 7.05 Å². The van der Waals surface area contributed by atoms with Crippen LogP contribution in [0.25, 0.3) is 10.9 Å². The topological polar surface area (TPSA) is 26.2 Å². The van der Waals surface area contributed by atoms with Crippen LogP contribution in [-0.2, 0) is 12.5 Å². The zero-order valence-electron chi connectivity index (χ0n) is 12.2. The Kier molecular flexibility index (Phi) is 2.82. The van der Waals surface area contributed by atoms with E-state index >= 15 is 0 Å². The molecule has 102 valence electrons. The smallest absolute Gasteiger partial charge is 0.143 e. The van der Waals surface area contributed by atoms with Gasteiger partial charge in [-0.3, -0.25) is 0 Å². The van der Waals surface area contributed by atoms with Crippen LogP contribution >= 0.6 is 0 Å². The van der Waals surface area contributed by atoms with E-state index in [1.54, 1.807) is 7.11 Å². The molecule has 1 aromatic carbocycles. The number of aromatic nitrogens is 1. The maximum absolute atomic E-state index is 5.53. The highest BCUT2D eigenvalue weighted by atomic mass is 16.5. The van der Waals surface area contributed by atoms with Crippen molar-refractivity contribution in [2.45, 2.75) is 25.2 Å². The van der Waals surface area contributed by atoms with E-state index in [0.717, 1.165) is 12.3 Å². The number of benzene rings is 1. The Labute approximate surface area is 114 Å². The van der Waals surface area contributed by atoms with Crippen molar-refractivity contribution in [2.24, 2.45) is 7.05 Å². The van der Waals surface area contributed by atoms with E-state index < -0.39 is 0 Å². The van der Waals surface area contributed by atoms with Crippen LogP contribution in [-0.4, -0.2) is 25.3 Å². The van der Waals surface area contributed by atoms with E-state index in [1.165, 1.54) is 34.9 Å². The summed E-state index contributed by atoms with van der Waals surface area (Å²) in [6.07, 6.45) is 4.86. The first-order valence-electron chi connectivity index (χ1n) is 6.90. The molecular formula is C16H22N2O. The first-order chi connectivity index (χ1) is 9.13. The van der Waals surface area contributed by atoms with Gasteiger partial charge in [-0.1, -0.05) is 6.07 Å². The molecule has 1 aromatic heterocycles. The van der Waals surface area contributed by atoms with Crippen molar-refractivity contribution in [3.63, 3.8) is 0 Å². The second kappa shape index (κ2) is 4.27. The maximum Gasteiger partial charge on any atom is 0.143 e. The van der Waals surface area contributed by atoms with Crippen molar-refractivity contribution in [3.05, 3.63) is 29.5 Å². The first-order valence-corrected chi connectivity index (χ1v) is 6.90. The van der Waals surface area contributed by atoms with Crippen molar-refractivity contribution in [3.8, 4) is 5.75 Å². The fraction of sp³-hybridized carbons (Fsp3) is 0.500. The second-order valence-corrected chi connectivity index (χ2v) is 5.77. The minimum Gasteiger partial charge on any atom is -0.495 e. The van der Waals surface area contributed by atoms with Gasteiger partial charge in [-0.15, -0.1) is 0 Å². The molecule has 3 rings (SSSR count). The number of nitrogens with zero attached hydrogens (tertiary/aromatic N) is 1. The van der Waals surface area contributed by atoms with Crippen LogP contribution in [0, 0.1) is 6.92 Å². The molecule has 0 aliphatic heterocycles. The fourth-order valence-electron chi connectivity index (χ4n) is 3.28. The lowest BCUT2D eigenvalue weighted by Gasteiger charge is -2.15. The number of hydrogen-bond donors (Lipinski definition) is 1. The van der Waals surface area contributed by atoms with Crippen molar-refractivity contribution in [1.29, 1.82) is 0 Å². The van der Waals surface area contributed by atoms with Crippen LogP contribution in [0.1, 0.15) is 24.0 Å². The highest BCUT2D eigenvalue weighted by Crippen LogP contribution is 2.51. The number of hydrogen-bond acceptors (Lipinski definition) is 2. The Balaban J connectivity index is 2.27. The molecule has 1 N–H and O–H groups in total. The van der Waals surface area contributed by atoms with Crippen molar-refractivity contribution in [1.82, 2.24) is 9.88 Å². The lowest BCUT2D eigenvalue weighted by atomic mass is 9.93. The Hall–Kier alpha value is -1.48. The summed E-state index contributed by atoms with van der Waals surface area (Å²) in [5.41, 5.74) is 4.38. The standard InChI is InChI=1S/C16H22N2O/c1-11-5-6-13(19-4)15-14(11)12(9-18(15)3)16(7-8-16)10-17-2/h5-6,9,17H,7-8,10H2,1-4H3. The molecule has 1 aliphatic rings. The van der Waals surface area contributed by atoms with Gasteiger partial charge in [0.05, 0.1) is 12.6 Å². The minimum atomic E-state index is 0.339. The molecule has 1 heterocycles. The minimum absolute atomic E-state index is 0.339. The van der Waals surface area contributed by atoms with Crippen LogP contribution in [0.4, 0.5) is 0 Å². The zero-order valence-corrected chi connectivity index (χ0v) is 12.2. The van der Waals surface area contributed by atoms with Gasteiger partial charge in [-0.2, -0.15) is 0 Å². The van der Waals surface area contributed by atoms with Gasteiger partial charge in [0, 0.05) is 30.6 Å². The summed E-state index contributed by atoms with van der Waals surface area (Å²) in [7, 11) is 5.90. The highest BCUT2D eigenvalue weighted by Gasteiger charge is 2.45. The fourth-order valence-corrected chi connectivity index (χ4v) is 3.28. The van der Waals surface area contributed by atoms with Crippen LogP contribution in [0.5, 0.6) is 5.75 Å². The molecule has 19 heavy (non-hydrogen) atoms. The lowest BCUT2D eigenvalue weighted by Crippen LogP contribution is -2.23. The number of rotatable bonds is 4. The van der Waals surface area contributed by atoms with Gasteiger partial charge < -0.3 is 14.6 Å². The molecular weight excluding hydrogens is 236 g/mol. The van der Waals surface area contributed by atoms with Gasteiger partial charge in [-0.05, 0) is 44.0 Å². The SMILES string of the molecule is CNCC1(c2cn(C)c3c(OC)ccc(C)c23)CC1. The number of likely N-dealkylation sites (N-methyl/N-ethyl adjacent to an activating group) is 1. The van der Waals surface area contributed by atoms with Gasteiger partial charge in [0.15, 0.2) is 0 Å². The molecule has 0 bridgehead atoms. The third kappa shape index (κ3) is 1.76. The molecule has 1 fully saturated rings. The van der Waals surface area contributed by atoms with Crippen LogP contribution in [0.15, 0.2) is 18.3 Å². The summed E-state index contributed by atoms with van der Waals surface area (Å²) in [6.45, 7) is 3.25. The summed E-state index contributed by atoms with van der Waals surface area (Å²) >= 11 is 0. The van der Waals surface area contributed by atoms with Crippen molar-refractivity contribution >= 4 is 10.9 Å². The number of nitrogens with one attached hydrogen (secondary N) is 1. The monoisotopic (exact) mass is 258 g/mol. The van der Waals surface area contributed by atoms with E-state index in [-0.39, 0.29) is 0 Å². The lowest BCUT2D eigenvalue weighted by molar-refractivity contribution is 0.418.